The first-order chi connectivity index (χ1) is 11.5. The molecular formula is C17H19F2NO4. The summed E-state index contributed by atoms with van der Waals surface area (Å²) in [5.74, 6) is -4.36. The van der Waals surface area contributed by atoms with Crippen molar-refractivity contribution >= 4 is 11.9 Å². The van der Waals surface area contributed by atoms with Crippen molar-refractivity contribution in [3.8, 4) is 0 Å². The minimum absolute atomic E-state index is 0.0921. The van der Waals surface area contributed by atoms with E-state index in [0.717, 1.165) is 18.6 Å². The predicted octanol–water partition coefficient (Wildman–Crippen LogP) is 2.06. The minimum atomic E-state index is -1.12. The van der Waals surface area contributed by atoms with Crippen LogP contribution in [0.3, 0.4) is 0 Å². The van der Waals surface area contributed by atoms with Gasteiger partial charge in [0, 0.05) is 29.9 Å². The van der Waals surface area contributed by atoms with Crippen LogP contribution in [0.2, 0.25) is 0 Å². The maximum atomic E-state index is 13.8. The Bertz CT molecular complexity index is 625. The summed E-state index contributed by atoms with van der Waals surface area (Å²) in [4.78, 5) is 23.8. The number of hydrogen-bond donors (Lipinski definition) is 2. The fourth-order valence-corrected chi connectivity index (χ4v) is 3.34. The number of rotatable bonds is 5. The maximum Gasteiger partial charge on any atom is 0.326 e. The number of hydrogen-bond acceptors (Lipinski definition) is 3. The molecule has 2 aliphatic rings. The third-order valence-corrected chi connectivity index (χ3v) is 4.73. The Morgan fingerprint density at radius 2 is 2.00 bits per heavy atom. The van der Waals surface area contributed by atoms with E-state index < -0.39 is 41.4 Å². The molecule has 1 amide bonds. The van der Waals surface area contributed by atoms with Gasteiger partial charge in [-0.2, -0.15) is 0 Å². The van der Waals surface area contributed by atoms with Crippen molar-refractivity contribution in [2.45, 2.75) is 31.2 Å². The van der Waals surface area contributed by atoms with Crippen LogP contribution in [-0.2, 0) is 14.3 Å². The number of aliphatic carboxylic acids is 1. The van der Waals surface area contributed by atoms with Crippen LogP contribution in [0.15, 0.2) is 18.2 Å². The number of carboxylic acid groups (broad SMARTS) is 1. The number of ether oxygens (including phenoxy) is 1. The molecule has 4 unspecified atom stereocenters. The molecule has 5 nitrogen and oxygen atoms in total. The summed E-state index contributed by atoms with van der Waals surface area (Å²) in [6.45, 7) is 0.876. The Morgan fingerprint density at radius 1 is 1.29 bits per heavy atom. The van der Waals surface area contributed by atoms with Gasteiger partial charge in [-0.05, 0) is 31.4 Å². The normalized spacial score (nSPS) is 27.3. The van der Waals surface area contributed by atoms with Crippen LogP contribution in [-0.4, -0.2) is 36.2 Å². The molecule has 1 aromatic carbocycles. The van der Waals surface area contributed by atoms with Gasteiger partial charge < -0.3 is 15.2 Å². The molecule has 1 saturated heterocycles. The monoisotopic (exact) mass is 339 g/mol. The van der Waals surface area contributed by atoms with E-state index in [1.807, 2.05) is 0 Å². The van der Waals surface area contributed by atoms with Crippen molar-refractivity contribution < 1.29 is 28.2 Å². The first-order valence-corrected chi connectivity index (χ1v) is 8.04. The molecule has 1 aromatic rings. The van der Waals surface area contributed by atoms with Crippen molar-refractivity contribution in [2.24, 2.45) is 11.8 Å². The van der Waals surface area contributed by atoms with Gasteiger partial charge in [0.15, 0.2) is 0 Å². The second-order valence-corrected chi connectivity index (χ2v) is 6.39. The van der Waals surface area contributed by atoms with E-state index in [9.17, 15) is 23.5 Å². The number of nitrogens with one attached hydrogen (secondary N) is 1. The fraction of sp³-hybridized carbons (Fsp3) is 0.529. The Hall–Kier alpha value is -2.02. The SMILES string of the molecule is O=C(NC(C(=O)O)C1CCCOC1)C1CC1c1c(F)cccc1F. The summed E-state index contributed by atoms with van der Waals surface area (Å²) < 4.78 is 32.8. The van der Waals surface area contributed by atoms with Gasteiger partial charge in [-0.3, -0.25) is 4.79 Å². The van der Waals surface area contributed by atoms with Crippen molar-refractivity contribution in [3.63, 3.8) is 0 Å². The minimum Gasteiger partial charge on any atom is -0.480 e. The van der Waals surface area contributed by atoms with Gasteiger partial charge in [-0.15, -0.1) is 0 Å². The molecule has 130 valence electrons. The van der Waals surface area contributed by atoms with Crippen LogP contribution >= 0.6 is 0 Å². The highest BCUT2D eigenvalue weighted by Crippen LogP contribution is 2.49. The Kier molecular flexibility index (Phi) is 4.80. The lowest BCUT2D eigenvalue weighted by molar-refractivity contribution is -0.145. The molecule has 1 heterocycles. The summed E-state index contributed by atoms with van der Waals surface area (Å²) >= 11 is 0. The number of carbonyl (C=O) groups excluding carboxylic acids is 1. The van der Waals surface area contributed by atoms with E-state index in [1.54, 1.807) is 0 Å². The van der Waals surface area contributed by atoms with Crippen molar-refractivity contribution in [3.05, 3.63) is 35.4 Å². The van der Waals surface area contributed by atoms with E-state index in [-0.39, 0.29) is 18.1 Å². The fourth-order valence-electron chi connectivity index (χ4n) is 3.34. The van der Waals surface area contributed by atoms with Crippen LogP contribution in [0, 0.1) is 23.5 Å². The third kappa shape index (κ3) is 3.40. The molecule has 0 aromatic heterocycles. The van der Waals surface area contributed by atoms with Crippen LogP contribution < -0.4 is 5.32 Å². The Labute approximate surface area is 138 Å². The molecule has 0 radical (unpaired) electrons. The van der Waals surface area contributed by atoms with Crippen molar-refractivity contribution in [1.29, 1.82) is 0 Å². The summed E-state index contributed by atoms with van der Waals surface area (Å²) in [7, 11) is 0. The third-order valence-electron chi connectivity index (χ3n) is 4.73. The molecule has 7 heteroatoms. The molecule has 3 rings (SSSR count). The molecule has 1 saturated carbocycles. The van der Waals surface area contributed by atoms with Gasteiger partial charge in [0.05, 0.1) is 6.61 Å². The summed E-state index contributed by atoms with van der Waals surface area (Å²) in [5, 5.41) is 11.9. The molecule has 4 atom stereocenters. The van der Waals surface area contributed by atoms with Gasteiger partial charge in [-0.1, -0.05) is 6.07 Å². The highest BCUT2D eigenvalue weighted by Gasteiger charge is 2.48. The topological polar surface area (TPSA) is 75.6 Å². The van der Waals surface area contributed by atoms with E-state index in [2.05, 4.69) is 5.32 Å². The van der Waals surface area contributed by atoms with Crippen LogP contribution in [0.1, 0.15) is 30.7 Å². The number of benzene rings is 1. The van der Waals surface area contributed by atoms with Gasteiger partial charge in [-0.25, -0.2) is 13.6 Å². The lowest BCUT2D eigenvalue weighted by atomic mass is 9.93. The molecule has 24 heavy (non-hydrogen) atoms. The number of amides is 1. The molecule has 2 fully saturated rings. The van der Waals surface area contributed by atoms with Gasteiger partial charge in [0.1, 0.15) is 17.7 Å². The molecular weight excluding hydrogens is 320 g/mol. The Morgan fingerprint density at radius 3 is 2.58 bits per heavy atom. The molecule has 2 N–H and O–H groups in total. The van der Waals surface area contributed by atoms with E-state index >= 15 is 0 Å². The van der Waals surface area contributed by atoms with Crippen LogP contribution in [0.25, 0.3) is 0 Å². The second kappa shape index (κ2) is 6.84. The van der Waals surface area contributed by atoms with Gasteiger partial charge in [0.2, 0.25) is 5.91 Å². The summed E-state index contributed by atoms with van der Waals surface area (Å²) in [6.07, 6.45) is 1.72. The second-order valence-electron chi connectivity index (χ2n) is 6.39. The molecule has 1 aliphatic heterocycles. The Balaban J connectivity index is 1.66. The van der Waals surface area contributed by atoms with Crippen molar-refractivity contribution in [1.82, 2.24) is 5.32 Å². The largest absolute Gasteiger partial charge is 0.480 e. The highest BCUT2D eigenvalue weighted by atomic mass is 19.1. The molecule has 0 bridgehead atoms. The predicted molar refractivity (Wildman–Crippen MR) is 80.3 cm³/mol. The average Bonchev–Trinajstić information content (AvgIpc) is 3.33. The lowest BCUT2D eigenvalue weighted by Gasteiger charge is -2.28. The summed E-state index contributed by atoms with van der Waals surface area (Å²) in [5.41, 5.74) is -0.0921. The first kappa shape index (κ1) is 16.8. The smallest absolute Gasteiger partial charge is 0.326 e. The number of carbonyl (C=O) groups is 2. The number of carboxylic acids is 1. The zero-order chi connectivity index (χ0) is 17.3. The van der Waals surface area contributed by atoms with Crippen molar-refractivity contribution in [2.75, 3.05) is 13.2 Å². The lowest BCUT2D eigenvalue weighted by Crippen LogP contribution is -2.49. The quantitative estimate of drug-likeness (QED) is 0.861. The van der Waals surface area contributed by atoms with E-state index in [1.165, 1.54) is 6.07 Å². The highest BCUT2D eigenvalue weighted by molar-refractivity contribution is 5.87. The molecule has 1 aliphatic carbocycles. The van der Waals surface area contributed by atoms with E-state index in [4.69, 9.17) is 4.74 Å². The standard InChI is InChI=1S/C17H19F2NO4/c18-12-4-1-5-13(19)14(12)10-7-11(10)16(21)20-15(17(22)23)9-3-2-6-24-8-9/h1,4-5,9-11,15H,2-3,6-8H2,(H,20,21)(H,22,23). The number of halogens is 2. The van der Waals surface area contributed by atoms with Gasteiger partial charge in [0.25, 0.3) is 0 Å². The van der Waals surface area contributed by atoms with E-state index in [0.29, 0.717) is 19.4 Å². The summed E-state index contributed by atoms with van der Waals surface area (Å²) in [6, 6.07) is 2.55. The van der Waals surface area contributed by atoms with Gasteiger partial charge >= 0.3 is 5.97 Å². The zero-order valence-corrected chi connectivity index (χ0v) is 13.0. The average molecular weight is 339 g/mol. The van der Waals surface area contributed by atoms with Crippen LogP contribution in [0.4, 0.5) is 8.78 Å². The molecule has 0 spiro atoms. The zero-order valence-electron chi connectivity index (χ0n) is 13.0. The maximum absolute atomic E-state index is 13.8. The first-order valence-electron chi connectivity index (χ1n) is 8.04. The van der Waals surface area contributed by atoms with Crippen LogP contribution in [0.5, 0.6) is 0 Å².